The first-order valence-corrected chi connectivity index (χ1v) is 7.52. The highest BCUT2D eigenvalue weighted by Gasteiger charge is 2.14. The van der Waals surface area contributed by atoms with Crippen LogP contribution in [-0.2, 0) is 22.3 Å². The van der Waals surface area contributed by atoms with Gasteiger partial charge in [0.15, 0.2) is 0 Å². The van der Waals surface area contributed by atoms with Crippen molar-refractivity contribution in [2.45, 2.75) is 19.2 Å². The third-order valence-corrected chi connectivity index (χ3v) is 3.87. The average molecular weight is 280 g/mol. The third-order valence-electron chi connectivity index (χ3n) is 2.63. The fourth-order valence-corrected chi connectivity index (χ4v) is 2.88. The summed E-state index contributed by atoms with van der Waals surface area (Å²) >= 11 is 0. The molecular formula is C12H16N4O2S. The van der Waals surface area contributed by atoms with Crippen LogP contribution in [0.1, 0.15) is 12.5 Å². The fourth-order valence-electron chi connectivity index (χ4n) is 1.68. The molecule has 0 aliphatic rings. The van der Waals surface area contributed by atoms with Crippen LogP contribution in [0.15, 0.2) is 36.7 Å². The summed E-state index contributed by atoms with van der Waals surface area (Å²) in [5.41, 5.74) is 7.24. The van der Waals surface area contributed by atoms with Gasteiger partial charge in [0.25, 0.3) is 0 Å². The Kier molecular flexibility index (Phi) is 3.75. The molecule has 0 saturated heterocycles. The lowest BCUT2D eigenvalue weighted by Gasteiger charge is -2.07. The lowest BCUT2D eigenvalue weighted by Crippen LogP contribution is -2.15. The van der Waals surface area contributed by atoms with E-state index < -0.39 is 10.0 Å². The first kappa shape index (κ1) is 13.4. The first-order valence-electron chi connectivity index (χ1n) is 5.86. The molecule has 0 unspecified atom stereocenters. The summed E-state index contributed by atoms with van der Waals surface area (Å²) in [5, 5.41) is 4.01. The van der Waals surface area contributed by atoms with Crippen molar-refractivity contribution < 1.29 is 8.42 Å². The predicted octanol–water partition coefficient (Wildman–Crippen LogP) is 1.43. The standard InChI is InChI=1S/C12H16N4O2S/c1-2-16-8-11(7-14-16)15-19(17,18)9-10-5-3-4-6-12(10)13/h3-8,15H,2,9,13H2,1H3. The number of nitrogens with two attached hydrogens (primary N) is 1. The van der Waals surface area contributed by atoms with E-state index in [4.69, 9.17) is 5.73 Å². The molecule has 1 heterocycles. The number of hydrogen-bond acceptors (Lipinski definition) is 4. The van der Waals surface area contributed by atoms with Gasteiger partial charge in [-0.05, 0) is 18.6 Å². The molecule has 1 aromatic carbocycles. The van der Waals surface area contributed by atoms with Gasteiger partial charge in [-0.1, -0.05) is 18.2 Å². The number of nitrogens with zero attached hydrogens (tertiary/aromatic N) is 2. The molecule has 0 aliphatic heterocycles. The summed E-state index contributed by atoms with van der Waals surface area (Å²) in [5.74, 6) is -0.156. The van der Waals surface area contributed by atoms with E-state index in [1.807, 2.05) is 6.92 Å². The molecule has 0 atom stereocenters. The SMILES string of the molecule is CCn1cc(NS(=O)(=O)Cc2ccccc2N)cn1. The van der Waals surface area contributed by atoms with Gasteiger partial charge in [-0.15, -0.1) is 0 Å². The fraction of sp³-hybridized carbons (Fsp3) is 0.250. The number of nitrogen functional groups attached to an aromatic ring is 1. The normalized spacial score (nSPS) is 11.4. The molecule has 0 amide bonds. The molecule has 1 aromatic heterocycles. The maximum atomic E-state index is 12.0. The number of benzene rings is 1. The summed E-state index contributed by atoms with van der Waals surface area (Å²) in [6.45, 7) is 2.61. The highest BCUT2D eigenvalue weighted by Crippen LogP contribution is 2.16. The van der Waals surface area contributed by atoms with E-state index in [-0.39, 0.29) is 5.75 Å². The minimum absolute atomic E-state index is 0.156. The Morgan fingerprint density at radius 1 is 1.37 bits per heavy atom. The molecule has 0 aliphatic carbocycles. The predicted molar refractivity (Wildman–Crippen MR) is 75.0 cm³/mol. The summed E-state index contributed by atoms with van der Waals surface area (Å²) in [6, 6.07) is 6.91. The maximum Gasteiger partial charge on any atom is 0.237 e. The highest BCUT2D eigenvalue weighted by molar-refractivity contribution is 7.91. The topological polar surface area (TPSA) is 90.0 Å². The number of aromatic nitrogens is 2. The summed E-state index contributed by atoms with van der Waals surface area (Å²) in [4.78, 5) is 0. The number of anilines is 2. The van der Waals surface area contributed by atoms with Gasteiger partial charge in [0.05, 0.1) is 17.6 Å². The molecule has 0 radical (unpaired) electrons. The third kappa shape index (κ3) is 3.47. The molecule has 6 nitrogen and oxygen atoms in total. The Hall–Kier alpha value is -2.02. The molecule has 0 saturated carbocycles. The molecule has 0 bridgehead atoms. The molecule has 3 N–H and O–H groups in total. The van der Waals surface area contributed by atoms with E-state index in [9.17, 15) is 8.42 Å². The van der Waals surface area contributed by atoms with E-state index in [0.717, 1.165) is 0 Å². The molecule has 0 spiro atoms. The van der Waals surface area contributed by atoms with Crippen LogP contribution in [0, 0.1) is 0 Å². The van der Waals surface area contributed by atoms with Crippen molar-refractivity contribution in [3.8, 4) is 0 Å². The van der Waals surface area contributed by atoms with Crippen molar-refractivity contribution in [1.29, 1.82) is 0 Å². The average Bonchev–Trinajstić information content (AvgIpc) is 2.78. The van der Waals surface area contributed by atoms with Crippen molar-refractivity contribution in [3.63, 3.8) is 0 Å². The second kappa shape index (κ2) is 5.31. The van der Waals surface area contributed by atoms with Crippen molar-refractivity contribution in [2.24, 2.45) is 0 Å². The molecule has 0 fully saturated rings. The lowest BCUT2D eigenvalue weighted by atomic mass is 10.2. The number of aryl methyl sites for hydroxylation is 1. The Morgan fingerprint density at radius 2 is 2.11 bits per heavy atom. The van der Waals surface area contributed by atoms with Crippen molar-refractivity contribution in [3.05, 3.63) is 42.2 Å². The Labute approximate surface area is 112 Å². The second-order valence-electron chi connectivity index (χ2n) is 4.14. The van der Waals surface area contributed by atoms with Crippen molar-refractivity contribution >= 4 is 21.4 Å². The minimum Gasteiger partial charge on any atom is -0.398 e. The van der Waals surface area contributed by atoms with Crippen LogP contribution in [0.2, 0.25) is 0 Å². The number of sulfonamides is 1. The van der Waals surface area contributed by atoms with Crippen LogP contribution in [0.25, 0.3) is 0 Å². The summed E-state index contributed by atoms with van der Waals surface area (Å²) < 4.78 is 28.2. The zero-order valence-electron chi connectivity index (χ0n) is 10.6. The van der Waals surface area contributed by atoms with E-state index in [1.165, 1.54) is 6.20 Å². The minimum atomic E-state index is -3.49. The molecular weight excluding hydrogens is 264 g/mol. The Balaban J connectivity index is 2.13. The maximum absolute atomic E-state index is 12.0. The van der Waals surface area contributed by atoms with Gasteiger partial charge in [-0.2, -0.15) is 5.10 Å². The second-order valence-corrected chi connectivity index (χ2v) is 5.87. The zero-order valence-corrected chi connectivity index (χ0v) is 11.4. The quantitative estimate of drug-likeness (QED) is 0.811. The smallest absolute Gasteiger partial charge is 0.237 e. The van der Waals surface area contributed by atoms with Crippen LogP contribution < -0.4 is 10.5 Å². The van der Waals surface area contributed by atoms with Gasteiger partial charge in [0.1, 0.15) is 0 Å². The number of hydrogen-bond donors (Lipinski definition) is 2. The van der Waals surface area contributed by atoms with Crippen LogP contribution in [0.4, 0.5) is 11.4 Å². The van der Waals surface area contributed by atoms with Crippen molar-refractivity contribution in [1.82, 2.24) is 9.78 Å². The van der Waals surface area contributed by atoms with Gasteiger partial charge in [0.2, 0.25) is 10.0 Å². The van der Waals surface area contributed by atoms with Crippen LogP contribution in [-0.4, -0.2) is 18.2 Å². The monoisotopic (exact) mass is 280 g/mol. The lowest BCUT2D eigenvalue weighted by molar-refractivity contribution is 0.600. The molecule has 7 heteroatoms. The Bertz CT molecular complexity index is 664. The summed E-state index contributed by atoms with van der Waals surface area (Å²) in [6.07, 6.45) is 3.13. The molecule has 19 heavy (non-hydrogen) atoms. The van der Waals surface area contributed by atoms with Crippen LogP contribution in [0.3, 0.4) is 0 Å². The number of nitrogens with one attached hydrogen (secondary N) is 1. The van der Waals surface area contributed by atoms with Gasteiger partial charge in [0, 0.05) is 18.4 Å². The van der Waals surface area contributed by atoms with E-state index in [0.29, 0.717) is 23.5 Å². The van der Waals surface area contributed by atoms with Crippen LogP contribution >= 0.6 is 0 Å². The molecule has 2 rings (SSSR count). The largest absolute Gasteiger partial charge is 0.398 e. The number of para-hydroxylation sites is 1. The van der Waals surface area contributed by atoms with E-state index in [1.54, 1.807) is 35.1 Å². The molecule has 2 aromatic rings. The van der Waals surface area contributed by atoms with Crippen LogP contribution in [0.5, 0.6) is 0 Å². The molecule has 102 valence electrons. The van der Waals surface area contributed by atoms with Gasteiger partial charge in [-0.3, -0.25) is 9.40 Å². The summed E-state index contributed by atoms with van der Waals surface area (Å²) in [7, 11) is -3.49. The van der Waals surface area contributed by atoms with E-state index >= 15 is 0 Å². The van der Waals surface area contributed by atoms with Gasteiger partial charge in [-0.25, -0.2) is 8.42 Å². The van der Waals surface area contributed by atoms with Gasteiger partial charge >= 0.3 is 0 Å². The van der Waals surface area contributed by atoms with E-state index in [2.05, 4.69) is 9.82 Å². The van der Waals surface area contributed by atoms with Gasteiger partial charge < -0.3 is 5.73 Å². The zero-order chi connectivity index (χ0) is 13.9. The Morgan fingerprint density at radius 3 is 2.74 bits per heavy atom. The number of rotatable bonds is 5. The first-order chi connectivity index (χ1) is 9.00. The highest BCUT2D eigenvalue weighted by atomic mass is 32.2. The van der Waals surface area contributed by atoms with Crippen molar-refractivity contribution in [2.75, 3.05) is 10.5 Å².